The number of halogens is 1. The van der Waals surface area contributed by atoms with Gasteiger partial charge < -0.3 is 29.5 Å². The minimum Gasteiger partial charge on any atom is -0.632 e. The molecule has 210 valence electrons. The third-order valence-electron chi connectivity index (χ3n) is 8.28. The average Bonchev–Trinajstić information content (AvgIpc) is 3.64. The molecule has 41 heavy (non-hydrogen) atoms. The van der Waals surface area contributed by atoms with Crippen LogP contribution in [0.15, 0.2) is 55.0 Å². The Kier molecular flexibility index (Phi) is 6.29. The van der Waals surface area contributed by atoms with Gasteiger partial charge in [0.2, 0.25) is 5.95 Å². The molecule has 2 fully saturated rings. The second-order valence-electron chi connectivity index (χ2n) is 10.6. The number of hydroxylamine groups is 3. The van der Waals surface area contributed by atoms with Gasteiger partial charge in [-0.2, -0.15) is 4.98 Å². The number of methoxy groups -OCH3 is 2. The number of hydrogen-bond acceptors (Lipinski definition) is 9. The van der Waals surface area contributed by atoms with E-state index in [0.717, 1.165) is 54.8 Å². The summed E-state index contributed by atoms with van der Waals surface area (Å²) in [5.41, 5.74) is 4.68. The van der Waals surface area contributed by atoms with E-state index in [2.05, 4.69) is 37.5 Å². The normalized spacial score (nSPS) is 20.4. The molecule has 5 heterocycles. The van der Waals surface area contributed by atoms with E-state index in [9.17, 15) is 5.21 Å². The van der Waals surface area contributed by atoms with Crippen LogP contribution < -0.4 is 19.7 Å². The molecule has 1 unspecified atom stereocenters. The second kappa shape index (κ2) is 10.0. The first-order valence-corrected chi connectivity index (χ1v) is 13.9. The van der Waals surface area contributed by atoms with Gasteiger partial charge in [0, 0.05) is 53.0 Å². The molecule has 0 aliphatic carbocycles. The molecule has 2 aliphatic heterocycles. The molecule has 0 radical (unpaired) electrons. The molecule has 0 spiro atoms. The largest absolute Gasteiger partial charge is 0.632 e. The zero-order chi connectivity index (χ0) is 28.1. The smallest absolute Gasteiger partial charge is 0.229 e. The predicted molar refractivity (Wildman–Crippen MR) is 158 cm³/mol. The summed E-state index contributed by atoms with van der Waals surface area (Å²) in [6.07, 6.45) is 5.43. The molecule has 0 amide bonds. The van der Waals surface area contributed by atoms with Crippen LogP contribution in [-0.2, 0) is 0 Å². The van der Waals surface area contributed by atoms with E-state index in [0.29, 0.717) is 45.9 Å². The molecule has 2 aliphatic rings. The van der Waals surface area contributed by atoms with Crippen LogP contribution in [0.3, 0.4) is 0 Å². The Bertz CT molecular complexity index is 1760. The molecule has 2 atom stereocenters. The number of hydrogen-bond donors (Lipinski definition) is 1. The highest BCUT2D eigenvalue weighted by atomic mass is 35.5. The number of rotatable bonds is 6. The lowest BCUT2D eigenvalue weighted by Gasteiger charge is -2.50. The number of anilines is 3. The van der Waals surface area contributed by atoms with Crippen LogP contribution >= 0.6 is 11.6 Å². The molecule has 0 saturated carbocycles. The van der Waals surface area contributed by atoms with Gasteiger partial charge >= 0.3 is 0 Å². The maximum Gasteiger partial charge on any atom is 0.229 e. The van der Waals surface area contributed by atoms with Crippen LogP contribution in [0.2, 0.25) is 5.02 Å². The third-order valence-corrected chi connectivity index (χ3v) is 8.67. The second-order valence-corrected chi connectivity index (χ2v) is 10.9. The SMILES string of the molecule is COc1cc(OC)c(Cl)c(-c2cc3cnc(Nc4ccc(N5CC[N+]6([O-])CCC[C@@H]6C5)cc4)nc3n3cnnc23)c1. The standard InChI is InChI=1S/C29H29ClN8O3/c1-40-22-13-23(26(30)25(14-22)41-2)24-12-18-15-31-29(34-27(18)37-17-32-35-28(24)37)33-19-5-7-20(8-6-19)36-9-11-38(39)10-3-4-21(38)16-36/h5-8,12-15,17,21H,3-4,9-11,16H2,1-2H3,(H,31,33,34)/t21-,38?/m1/s1. The van der Waals surface area contributed by atoms with Crippen molar-refractivity contribution in [2.75, 3.05) is 50.6 Å². The fourth-order valence-electron chi connectivity index (χ4n) is 6.07. The molecule has 1 N–H and O–H groups in total. The number of nitrogens with one attached hydrogen (secondary N) is 1. The number of fused-ring (bicyclic) bond motifs is 4. The average molecular weight is 573 g/mol. The van der Waals surface area contributed by atoms with Gasteiger partial charge in [-0.25, -0.2) is 4.98 Å². The fourth-order valence-corrected chi connectivity index (χ4v) is 6.35. The number of quaternary nitrogens is 1. The van der Waals surface area contributed by atoms with E-state index in [1.807, 2.05) is 28.7 Å². The summed E-state index contributed by atoms with van der Waals surface area (Å²) >= 11 is 6.70. The van der Waals surface area contributed by atoms with E-state index in [4.69, 9.17) is 26.1 Å². The van der Waals surface area contributed by atoms with Gasteiger partial charge in [0.1, 0.15) is 23.9 Å². The van der Waals surface area contributed by atoms with E-state index in [-0.39, 0.29) is 10.7 Å². The molecule has 3 aromatic heterocycles. The van der Waals surface area contributed by atoms with E-state index in [1.54, 1.807) is 32.8 Å². The predicted octanol–water partition coefficient (Wildman–Crippen LogP) is 5.05. The first-order chi connectivity index (χ1) is 20.0. The summed E-state index contributed by atoms with van der Waals surface area (Å²) < 4.78 is 12.7. The molecule has 7 rings (SSSR count). The Balaban J connectivity index is 1.17. The molecular weight excluding hydrogens is 544 g/mol. The number of benzene rings is 2. The van der Waals surface area contributed by atoms with Crippen molar-refractivity contribution in [3.05, 3.63) is 65.2 Å². The molecule has 0 bridgehead atoms. The first kappa shape index (κ1) is 25.8. The number of pyridine rings is 1. The lowest BCUT2D eigenvalue weighted by molar-refractivity contribution is -0.893. The van der Waals surface area contributed by atoms with Gasteiger partial charge in [-0.1, -0.05) is 11.6 Å². The maximum absolute atomic E-state index is 12.9. The highest BCUT2D eigenvalue weighted by Gasteiger charge is 2.39. The molecule has 12 heteroatoms. The van der Waals surface area contributed by atoms with E-state index < -0.39 is 0 Å². The van der Waals surface area contributed by atoms with Crippen LogP contribution in [-0.4, -0.2) is 75.7 Å². The van der Waals surface area contributed by atoms with Gasteiger partial charge in [0.15, 0.2) is 11.3 Å². The quantitative estimate of drug-likeness (QED) is 0.220. The Morgan fingerprint density at radius 3 is 2.71 bits per heavy atom. The topological polar surface area (TPSA) is 113 Å². The first-order valence-electron chi connectivity index (χ1n) is 13.6. The van der Waals surface area contributed by atoms with E-state index in [1.165, 1.54) is 0 Å². The summed E-state index contributed by atoms with van der Waals surface area (Å²) in [6, 6.07) is 13.9. The van der Waals surface area contributed by atoms with Crippen molar-refractivity contribution in [1.82, 2.24) is 24.6 Å². The van der Waals surface area contributed by atoms with Crippen LogP contribution in [0.1, 0.15) is 12.8 Å². The maximum atomic E-state index is 12.9. The van der Waals surface area contributed by atoms with Crippen molar-refractivity contribution in [2.24, 2.45) is 0 Å². The Labute approximate surface area is 241 Å². The summed E-state index contributed by atoms with van der Waals surface area (Å²) in [7, 11) is 3.16. The van der Waals surface area contributed by atoms with Crippen molar-refractivity contribution < 1.29 is 14.1 Å². The third kappa shape index (κ3) is 4.46. The van der Waals surface area contributed by atoms with Crippen molar-refractivity contribution in [1.29, 1.82) is 0 Å². The van der Waals surface area contributed by atoms with Crippen molar-refractivity contribution in [3.8, 4) is 22.6 Å². The van der Waals surface area contributed by atoms with Crippen molar-refractivity contribution >= 4 is 45.6 Å². The van der Waals surface area contributed by atoms with E-state index >= 15 is 0 Å². The Morgan fingerprint density at radius 2 is 1.90 bits per heavy atom. The van der Waals surface area contributed by atoms with Crippen LogP contribution in [0.5, 0.6) is 11.5 Å². The highest BCUT2D eigenvalue weighted by Crippen LogP contribution is 2.41. The summed E-state index contributed by atoms with van der Waals surface area (Å²) in [5.74, 6) is 1.56. The van der Waals surface area contributed by atoms with Gasteiger partial charge in [-0.15, -0.1) is 10.2 Å². The summed E-state index contributed by atoms with van der Waals surface area (Å²) in [4.78, 5) is 11.7. The van der Waals surface area contributed by atoms with Crippen LogP contribution in [0.4, 0.5) is 17.3 Å². The van der Waals surface area contributed by atoms with Gasteiger partial charge in [0.25, 0.3) is 0 Å². The minimum absolute atomic E-state index is 0.0165. The number of ether oxygens (including phenoxy) is 2. The molecule has 11 nitrogen and oxygen atoms in total. The number of aromatic nitrogens is 5. The van der Waals surface area contributed by atoms with Gasteiger partial charge in [-0.05, 0) is 36.4 Å². The lowest BCUT2D eigenvalue weighted by Crippen LogP contribution is -2.59. The van der Waals surface area contributed by atoms with Crippen LogP contribution in [0.25, 0.3) is 27.8 Å². The minimum atomic E-state index is -0.0165. The molecular formula is C29H29ClN8O3. The molecule has 2 saturated heterocycles. The molecule has 2 aromatic carbocycles. The number of nitrogens with zero attached hydrogens (tertiary/aromatic N) is 7. The monoisotopic (exact) mass is 572 g/mol. The zero-order valence-corrected chi connectivity index (χ0v) is 23.5. The highest BCUT2D eigenvalue weighted by molar-refractivity contribution is 6.35. The summed E-state index contributed by atoms with van der Waals surface area (Å²) in [6.45, 7) is 3.02. The van der Waals surface area contributed by atoms with Gasteiger partial charge in [-0.3, -0.25) is 4.40 Å². The summed E-state index contributed by atoms with van der Waals surface area (Å²) in [5, 5.41) is 25.9. The fraction of sp³-hybridized carbons (Fsp3) is 0.310. The van der Waals surface area contributed by atoms with Crippen molar-refractivity contribution in [2.45, 2.75) is 18.9 Å². The Hall–Kier alpha value is -4.19. The molecule has 5 aromatic rings. The Morgan fingerprint density at radius 1 is 1.05 bits per heavy atom. The number of piperazine rings is 1. The van der Waals surface area contributed by atoms with Crippen molar-refractivity contribution in [3.63, 3.8) is 0 Å². The lowest BCUT2D eigenvalue weighted by atomic mass is 10.0. The van der Waals surface area contributed by atoms with Crippen LogP contribution in [0, 0.1) is 5.21 Å². The van der Waals surface area contributed by atoms with Gasteiger partial charge in [0.05, 0.1) is 45.4 Å². The zero-order valence-electron chi connectivity index (χ0n) is 22.7.